The number of ether oxygens (including phenoxy) is 1. The first-order chi connectivity index (χ1) is 10.7. The van der Waals surface area contributed by atoms with Gasteiger partial charge in [-0.3, -0.25) is 9.36 Å². The third kappa shape index (κ3) is 2.13. The van der Waals surface area contributed by atoms with Crippen LogP contribution in [0, 0.1) is 11.3 Å². The number of nitrogen functional groups attached to an aromatic ring is 1. The number of nitrogens with zero attached hydrogens (tertiary/aromatic N) is 2. The van der Waals surface area contributed by atoms with Crippen molar-refractivity contribution >= 4 is 5.82 Å². The van der Waals surface area contributed by atoms with Gasteiger partial charge in [0.2, 0.25) is 0 Å². The van der Waals surface area contributed by atoms with E-state index in [-0.39, 0.29) is 11.4 Å². The number of pyridine rings is 1. The Morgan fingerprint density at radius 3 is 2.68 bits per heavy atom. The zero-order chi connectivity index (χ0) is 15.7. The molecular formula is C17H17N3O2. The number of rotatable bonds is 2. The number of benzene rings is 1. The standard InChI is InChI=1S/C17H17N3O2/c1-22-12-6-4-5-11(9-12)20-16(19)15(10-18)13-7-2-3-8-14(13)17(20)21/h4-6,9H,2-3,7-8,19H2,1H3. The van der Waals surface area contributed by atoms with Crippen molar-refractivity contribution in [2.75, 3.05) is 12.8 Å². The maximum atomic E-state index is 12.8. The van der Waals surface area contributed by atoms with Gasteiger partial charge >= 0.3 is 0 Å². The molecule has 0 saturated carbocycles. The molecule has 1 aliphatic rings. The summed E-state index contributed by atoms with van der Waals surface area (Å²) in [6.07, 6.45) is 3.41. The predicted molar refractivity (Wildman–Crippen MR) is 84.4 cm³/mol. The monoisotopic (exact) mass is 295 g/mol. The second kappa shape index (κ2) is 5.57. The fraction of sp³-hybridized carbons (Fsp3) is 0.294. The number of fused-ring (bicyclic) bond motifs is 1. The quantitative estimate of drug-likeness (QED) is 0.920. The molecule has 0 spiro atoms. The zero-order valence-corrected chi connectivity index (χ0v) is 12.4. The van der Waals surface area contributed by atoms with Crippen LogP contribution < -0.4 is 16.0 Å². The van der Waals surface area contributed by atoms with Gasteiger partial charge in [-0.15, -0.1) is 0 Å². The molecule has 0 saturated heterocycles. The number of nitrogens with two attached hydrogens (primary N) is 1. The third-order valence-electron chi connectivity index (χ3n) is 4.15. The summed E-state index contributed by atoms with van der Waals surface area (Å²) in [7, 11) is 1.57. The van der Waals surface area contributed by atoms with Gasteiger partial charge in [0.1, 0.15) is 17.6 Å². The summed E-state index contributed by atoms with van der Waals surface area (Å²) in [5, 5.41) is 9.47. The summed E-state index contributed by atoms with van der Waals surface area (Å²) in [5.74, 6) is 0.849. The van der Waals surface area contributed by atoms with Crippen LogP contribution in [0.3, 0.4) is 0 Å². The van der Waals surface area contributed by atoms with Gasteiger partial charge < -0.3 is 10.5 Å². The van der Waals surface area contributed by atoms with Gasteiger partial charge in [-0.25, -0.2) is 0 Å². The Morgan fingerprint density at radius 1 is 1.27 bits per heavy atom. The van der Waals surface area contributed by atoms with E-state index in [0.717, 1.165) is 30.4 Å². The first-order valence-electron chi connectivity index (χ1n) is 7.28. The summed E-state index contributed by atoms with van der Waals surface area (Å²) >= 11 is 0. The Bertz CT molecular complexity index is 831. The molecule has 0 radical (unpaired) electrons. The molecule has 0 fully saturated rings. The van der Waals surface area contributed by atoms with Crippen molar-refractivity contribution in [3.63, 3.8) is 0 Å². The van der Waals surface area contributed by atoms with Crippen LogP contribution in [0.15, 0.2) is 29.1 Å². The normalized spacial score (nSPS) is 13.3. The molecule has 0 bridgehead atoms. The lowest BCUT2D eigenvalue weighted by Gasteiger charge is -2.21. The molecular weight excluding hydrogens is 278 g/mol. The van der Waals surface area contributed by atoms with Crippen LogP contribution >= 0.6 is 0 Å². The molecule has 2 N–H and O–H groups in total. The summed E-state index contributed by atoms with van der Waals surface area (Å²) in [6, 6.07) is 9.30. The van der Waals surface area contributed by atoms with Gasteiger partial charge in [-0.05, 0) is 43.4 Å². The minimum absolute atomic E-state index is 0.126. The number of methoxy groups -OCH3 is 1. The van der Waals surface area contributed by atoms with E-state index in [4.69, 9.17) is 10.5 Å². The fourth-order valence-electron chi connectivity index (χ4n) is 3.06. The fourth-order valence-corrected chi connectivity index (χ4v) is 3.06. The summed E-state index contributed by atoms with van der Waals surface area (Å²) in [4.78, 5) is 12.8. The minimum atomic E-state index is -0.126. The van der Waals surface area contributed by atoms with E-state index in [1.807, 2.05) is 0 Å². The molecule has 5 heteroatoms. The highest BCUT2D eigenvalue weighted by Gasteiger charge is 2.23. The molecule has 1 aromatic carbocycles. The average molecular weight is 295 g/mol. The van der Waals surface area contributed by atoms with Crippen molar-refractivity contribution in [1.82, 2.24) is 4.57 Å². The first kappa shape index (κ1) is 14.2. The maximum absolute atomic E-state index is 12.8. The van der Waals surface area contributed by atoms with Crippen molar-refractivity contribution in [1.29, 1.82) is 5.26 Å². The topological polar surface area (TPSA) is 81.0 Å². The van der Waals surface area contributed by atoms with Crippen LogP contribution in [0.25, 0.3) is 5.69 Å². The van der Waals surface area contributed by atoms with Gasteiger partial charge in [-0.2, -0.15) is 5.26 Å². The molecule has 5 nitrogen and oxygen atoms in total. The van der Waals surface area contributed by atoms with E-state index in [1.54, 1.807) is 31.4 Å². The molecule has 0 unspecified atom stereocenters. The molecule has 112 valence electrons. The largest absolute Gasteiger partial charge is 0.497 e. The second-order valence-corrected chi connectivity index (χ2v) is 5.38. The number of hydrogen-bond donors (Lipinski definition) is 1. The number of nitriles is 1. The SMILES string of the molecule is COc1cccc(-n2c(N)c(C#N)c3c(c2=O)CCCC3)c1. The highest BCUT2D eigenvalue weighted by atomic mass is 16.5. The van der Waals surface area contributed by atoms with E-state index in [0.29, 0.717) is 23.4 Å². The Kier molecular flexibility index (Phi) is 3.60. The predicted octanol–water partition coefficient (Wildman–Crippen LogP) is 2.18. The molecule has 0 amide bonds. The lowest BCUT2D eigenvalue weighted by Crippen LogP contribution is -2.29. The van der Waals surface area contributed by atoms with Crippen LogP contribution in [0.5, 0.6) is 5.75 Å². The van der Waals surface area contributed by atoms with Crippen molar-refractivity contribution in [3.8, 4) is 17.5 Å². The third-order valence-corrected chi connectivity index (χ3v) is 4.15. The average Bonchev–Trinajstić information content (AvgIpc) is 2.56. The smallest absolute Gasteiger partial charge is 0.260 e. The molecule has 22 heavy (non-hydrogen) atoms. The Labute approximate surface area is 128 Å². The molecule has 1 aliphatic carbocycles. The van der Waals surface area contributed by atoms with E-state index in [2.05, 4.69) is 6.07 Å². The van der Waals surface area contributed by atoms with Crippen molar-refractivity contribution in [2.45, 2.75) is 25.7 Å². The van der Waals surface area contributed by atoms with Gasteiger partial charge in [0, 0.05) is 11.6 Å². The van der Waals surface area contributed by atoms with Crippen LogP contribution in [-0.4, -0.2) is 11.7 Å². The Balaban J connectivity index is 2.32. The van der Waals surface area contributed by atoms with Crippen LogP contribution in [0.4, 0.5) is 5.82 Å². The summed E-state index contributed by atoms with van der Waals surface area (Å²) < 4.78 is 6.63. The molecule has 0 aliphatic heterocycles. The van der Waals surface area contributed by atoms with E-state index in [9.17, 15) is 10.1 Å². The van der Waals surface area contributed by atoms with Gasteiger partial charge in [0.15, 0.2) is 0 Å². The maximum Gasteiger partial charge on any atom is 0.260 e. The van der Waals surface area contributed by atoms with Gasteiger partial charge in [0.25, 0.3) is 5.56 Å². The first-order valence-corrected chi connectivity index (χ1v) is 7.28. The molecule has 3 rings (SSSR count). The Morgan fingerprint density at radius 2 is 2.00 bits per heavy atom. The van der Waals surface area contributed by atoms with Gasteiger partial charge in [-0.1, -0.05) is 6.07 Å². The van der Waals surface area contributed by atoms with Crippen LogP contribution in [0.1, 0.15) is 29.5 Å². The lowest BCUT2D eigenvalue weighted by atomic mass is 9.89. The van der Waals surface area contributed by atoms with Crippen molar-refractivity contribution in [3.05, 3.63) is 51.3 Å². The molecule has 1 aromatic heterocycles. The van der Waals surface area contributed by atoms with E-state index < -0.39 is 0 Å². The van der Waals surface area contributed by atoms with Gasteiger partial charge in [0.05, 0.1) is 18.4 Å². The van der Waals surface area contributed by atoms with Crippen LogP contribution in [0.2, 0.25) is 0 Å². The minimum Gasteiger partial charge on any atom is -0.497 e. The molecule has 1 heterocycles. The van der Waals surface area contributed by atoms with Crippen molar-refractivity contribution in [2.24, 2.45) is 0 Å². The van der Waals surface area contributed by atoms with Crippen molar-refractivity contribution < 1.29 is 4.74 Å². The number of anilines is 1. The molecule has 2 aromatic rings. The van der Waals surface area contributed by atoms with E-state index in [1.165, 1.54) is 4.57 Å². The van der Waals surface area contributed by atoms with Crippen LogP contribution in [-0.2, 0) is 12.8 Å². The zero-order valence-electron chi connectivity index (χ0n) is 12.4. The molecule has 0 atom stereocenters. The number of hydrogen-bond acceptors (Lipinski definition) is 4. The highest BCUT2D eigenvalue weighted by Crippen LogP contribution is 2.27. The Hall–Kier alpha value is -2.74. The number of aromatic nitrogens is 1. The highest BCUT2D eigenvalue weighted by molar-refractivity contribution is 5.60. The lowest BCUT2D eigenvalue weighted by molar-refractivity contribution is 0.414. The van der Waals surface area contributed by atoms with E-state index >= 15 is 0 Å². The summed E-state index contributed by atoms with van der Waals surface area (Å²) in [5.41, 5.74) is 8.61. The summed E-state index contributed by atoms with van der Waals surface area (Å²) in [6.45, 7) is 0. The second-order valence-electron chi connectivity index (χ2n) is 5.38.